The van der Waals surface area contributed by atoms with Crippen LogP contribution in [0.25, 0.3) is 0 Å². The highest BCUT2D eigenvalue weighted by Crippen LogP contribution is 2.18. The Labute approximate surface area is 170 Å². The van der Waals surface area contributed by atoms with Gasteiger partial charge < -0.3 is 20.8 Å². The van der Waals surface area contributed by atoms with Gasteiger partial charge in [0.1, 0.15) is 0 Å². The lowest BCUT2D eigenvalue weighted by atomic mass is 10.1. The molecule has 0 fully saturated rings. The maximum Gasteiger partial charge on any atom is 0.291 e. The highest BCUT2D eigenvalue weighted by molar-refractivity contribution is 7.99. The van der Waals surface area contributed by atoms with E-state index in [-0.39, 0.29) is 34.1 Å². The van der Waals surface area contributed by atoms with E-state index in [0.717, 1.165) is 18.2 Å². The molecule has 10 heteroatoms. The first kappa shape index (κ1) is 20.2. The van der Waals surface area contributed by atoms with Gasteiger partial charge >= 0.3 is 0 Å². The Morgan fingerprint density at radius 1 is 1.21 bits per heavy atom. The largest absolute Gasteiger partial charge is 0.459 e. The molecule has 2 aromatic heterocycles. The van der Waals surface area contributed by atoms with Crippen molar-refractivity contribution >= 4 is 40.8 Å². The number of thioether (sulfide) groups is 1. The molecule has 3 rings (SSSR count). The van der Waals surface area contributed by atoms with Crippen LogP contribution < -0.4 is 21.9 Å². The molecule has 3 aromatic rings. The molecule has 2 amide bonds. The second-order valence-electron chi connectivity index (χ2n) is 5.95. The van der Waals surface area contributed by atoms with E-state index in [9.17, 15) is 14.4 Å². The normalized spacial score (nSPS) is 10.5. The molecule has 0 radical (unpaired) electrons. The van der Waals surface area contributed by atoms with E-state index in [1.165, 1.54) is 17.9 Å². The molecule has 9 nitrogen and oxygen atoms in total. The minimum atomic E-state index is -0.629. The number of hydrogen-bond donors (Lipinski definition) is 4. The molecule has 0 aliphatic carbocycles. The number of carbonyl (C=O) groups excluding carboxylic acids is 2. The first-order valence-corrected chi connectivity index (χ1v) is 9.71. The summed E-state index contributed by atoms with van der Waals surface area (Å²) in [5, 5.41) is 5.30. The predicted molar refractivity (Wildman–Crippen MR) is 111 cm³/mol. The highest BCUT2D eigenvalue weighted by Gasteiger charge is 2.16. The van der Waals surface area contributed by atoms with Crippen molar-refractivity contribution in [2.24, 2.45) is 0 Å². The van der Waals surface area contributed by atoms with Gasteiger partial charge in [-0.25, -0.2) is 4.98 Å². The van der Waals surface area contributed by atoms with Gasteiger partial charge in [0.25, 0.3) is 11.5 Å². The van der Waals surface area contributed by atoms with Crippen molar-refractivity contribution < 1.29 is 14.0 Å². The van der Waals surface area contributed by atoms with E-state index in [0.29, 0.717) is 5.69 Å². The SMILES string of the molecule is CCc1ccc(NC(=O)CSc2nc(N)c(NC(=O)c3ccco3)c(=O)[nH]2)cc1. The molecule has 29 heavy (non-hydrogen) atoms. The number of carbonyl (C=O) groups is 2. The molecule has 0 aliphatic heterocycles. The summed E-state index contributed by atoms with van der Waals surface area (Å²) in [7, 11) is 0. The lowest BCUT2D eigenvalue weighted by molar-refractivity contribution is -0.113. The number of aromatic nitrogens is 2. The third-order valence-electron chi connectivity index (χ3n) is 3.90. The van der Waals surface area contributed by atoms with Crippen LogP contribution in [0.1, 0.15) is 23.0 Å². The molecule has 5 N–H and O–H groups in total. The number of amides is 2. The zero-order valence-corrected chi connectivity index (χ0v) is 16.3. The number of aryl methyl sites for hydroxylation is 1. The molecule has 0 atom stereocenters. The number of nitrogens with zero attached hydrogens (tertiary/aromatic N) is 1. The van der Waals surface area contributed by atoms with Gasteiger partial charge in [0.15, 0.2) is 22.4 Å². The summed E-state index contributed by atoms with van der Waals surface area (Å²) in [5.74, 6) is -0.980. The average molecular weight is 413 g/mol. The van der Waals surface area contributed by atoms with Crippen LogP contribution in [0, 0.1) is 0 Å². The van der Waals surface area contributed by atoms with Crippen LogP contribution >= 0.6 is 11.8 Å². The fourth-order valence-electron chi connectivity index (χ4n) is 2.40. The van der Waals surface area contributed by atoms with Crippen LogP contribution in [0.5, 0.6) is 0 Å². The lowest BCUT2D eigenvalue weighted by Crippen LogP contribution is -2.23. The van der Waals surface area contributed by atoms with Crippen molar-refractivity contribution in [2.75, 3.05) is 22.1 Å². The van der Waals surface area contributed by atoms with Gasteiger partial charge in [-0.2, -0.15) is 0 Å². The van der Waals surface area contributed by atoms with Gasteiger partial charge in [-0.05, 0) is 36.2 Å². The molecule has 0 saturated carbocycles. The Morgan fingerprint density at radius 2 is 1.97 bits per heavy atom. The van der Waals surface area contributed by atoms with E-state index in [1.54, 1.807) is 6.07 Å². The van der Waals surface area contributed by atoms with Gasteiger partial charge in [-0.1, -0.05) is 30.8 Å². The first-order chi connectivity index (χ1) is 14.0. The van der Waals surface area contributed by atoms with Crippen molar-refractivity contribution in [1.82, 2.24) is 9.97 Å². The zero-order valence-electron chi connectivity index (χ0n) is 15.5. The van der Waals surface area contributed by atoms with Crippen molar-refractivity contribution in [3.63, 3.8) is 0 Å². The predicted octanol–water partition coefficient (Wildman–Crippen LogP) is 2.49. The molecule has 0 unspecified atom stereocenters. The molecule has 2 heterocycles. The summed E-state index contributed by atoms with van der Waals surface area (Å²) in [6.45, 7) is 2.05. The highest BCUT2D eigenvalue weighted by atomic mass is 32.2. The molecule has 0 saturated heterocycles. The molecule has 0 aliphatic rings. The summed E-state index contributed by atoms with van der Waals surface area (Å²) in [4.78, 5) is 42.8. The lowest BCUT2D eigenvalue weighted by Gasteiger charge is -2.08. The molecular weight excluding hydrogens is 394 g/mol. The van der Waals surface area contributed by atoms with E-state index in [4.69, 9.17) is 10.2 Å². The third-order valence-corrected chi connectivity index (χ3v) is 4.77. The summed E-state index contributed by atoms with van der Waals surface area (Å²) in [5.41, 5.74) is 6.84. The van der Waals surface area contributed by atoms with Crippen LogP contribution in [0.3, 0.4) is 0 Å². The average Bonchev–Trinajstić information content (AvgIpc) is 3.24. The number of benzene rings is 1. The van der Waals surface area contributed by atoms with E-state index in [2.05, 4.69) is 27.5 Å². The Balaban J connectivity index is 1.60. The molecule has 1 aromatic carbocycles. The number of anilines is 3. The van der Waals surface area contributed by atoms with Gasteiger partial charge in [0.05, 0.1) is 12.0 Å². The van der Waals surface area contributed by atoms with Crippen molar-refractivity contribution in [3.8, 4) is 0 Å². The van der Waals surface area contributed by atoms with Gasteiger partial charge in [-0.3, -0.25) is 19.4 Å². The Morgan fingerprint density at radius 3 is 2.59 bits per heavy atom. The third kappa shape index (κ3) is 5.26. The smallest absolute Gasteiger partial charge is 0.291 e. The number of H-pyrrole nitrogens is 1. The van der Waals surface area contributed by atoms with Crippen LogP contribution in [-0.4, -0.2) is 27.5 Å². The quantitative estimate of drug-likeness (QED) is 0.344. The van der Waals surface area contributed by atoms with Crippen LogP contribution in [0.2, 0.25) is 0 Å². The molecule has 150 valence electrons. The Bertz CT molecular complexity index is 1060. The molecular formula is C19H19N5O4S. The first-order valence-electron chi connectivity index (χ1n) is 8.72. The van der Waals surface area contributed by atoms with E-state index in [1.807, 2.05) is 24.3 Å². The number of rotatable bonds is 7. The number of nitrogen functional groups attached to an aromatic ring is 1. The van der Waals surface area contributed by atoms with Crippen LogP contribution in [0.4, 0.5) is 17.2 Å². The summed E-state index contributed by atoms with van der Waals surface area (Å²) in [6.07, 6.45) is 2.26. The summed E-state index contributed by atoms with van der Waals surface area (Å²) >= 11 is 1.02. The number of hydrogen-bond acceptors (Lipinski definition) is 7. The standard InChI is InChI=1S/C19H19N5O4S/c1-2-11-5-7-12(8-6-11)21-14(25)10-29-19-23-16(20)15(18(27)24-19)22-17(26)13-4-3-9-28-13/h3-9H,2,10H2,1H3,(H,21,25)(H,22,26)(H3,20,23,24,27). The topological polar surface area (TPSA) is 143 Å². The summed E-state index contributed by atoms with van der Waals surface area (Å²) in [6, 6.07) is 10.5. The van der Waals surface area contributed by atoms with E-state index < -0.39 is 11.5 Å². The van der Waals surface area contributed by atoms with Crippen molar-refractivity contribution in [2.45, 2.75) is 18.5 Å². The zero-order chi connectivity index (χ0) is 20.8. The number of furan rings is 1. The Hall–Kier alpha value is -3.53. The minimum Gasteiger partial charge on any atom is -0.459 e. The van der Waals surface area contributed by atoms with Crippen molar-refractivity contribution in [1.29, 1.82) is 0 Å². The molecule has 0 bridgehead atoms. The maximum absolute atomic E-state index is 12.2. The van der Waals surface area contributed by atoms with Crippen LogP contribution in [-0.2, 0) is 11.2 Å². The minimum absolute atomic E-state index is 0.0238. The molecule has 0 spiro atoms. The van der Waals surface area contributed by atoms with E-state index >= 15 is 0 Å². The maximum atomic E-state index is 12.2. The van der Waals surface area contributed by atoms with Crippen LogP contribution in [0.15, 0.2) is 57.0 Å². The number of nitrogens with one attached hydrogen (secondary N) is 3. The van der Waals surface area contributed by atoms with Gasteiger partial charge in [0.2, 0.25) is 5.91 Å². The summed E-state index contributed by atoms with van der Waals surface area (Å²) < 4.78 is 4.96. The fraction of sp³-hybridized carbons (Fsp3) is 0.158. The monoisotopic (exact) mass is 413 g/mol. The number of aromatic amines is 1. The van der Waals surface area contributed by atoms with Gasteiger partial charge in [-0.15, -0.1) is 0 Å². The van der Waals surface area contributed by atoms with Gasteiger partial charge in [0, 0.05) is 5.69 Å². The Kier molecular flexibility index (Phi) is 6.35. The second-order valence-corrected chi connectivity index (χ2v) is 6.91. The fourth-order valence-corrected chi connectivity index (χ4v) is 3.06. The second kappa shape index (κ2) is 9.11. The number of nitrogens with two attached hydrogens (primary N) is 1. The van der Waals surface area contributed by atoms with Crippen molar-refractivity contribution in [3.05, 3.63) is 64.3 Å².